The molecule has 1 N–H and O–H groups in total. The molecule has 20 heavy (non-hydrogen) atoms. The lowest BCUT2D eigenvalue weighted by Crippen LogP contribution is -2.38. The highest BCUT2D eigenvalue weighted by Crippen LogP contribution is 2.25. The Labute approximate surface area is 125 Å². The Hall–Kier alpha value is -1.06. The molecule has 3 nitrogen and oxygen atoms in total. The third-order valence-corrected chi connectivity index (χ3v) is 4.38. The number of halogens is 1. The van der Waals surface area contributed by atoms with Crippen LogP contribution in [0.2, 0.25) is 5.02 Å². The van der Waals surface area contributed by atoms with E-state index in [9.17, 15) is 4.79 Å². The fourth-order valence-electron chi connectivity index (χ4n) is 2.71. The molecule has 0 aliphatic heterocycles. The van der Waals surface area contributed by atoms with Gasteiger partial charge in [0.15, 0.2) is 0 Å². The third kappa shape index (κ3) is 3.74. The first kappa shape index (κ1) is 15.3. The molecular formula is C16H22ClNO2. The second kappa shape index (κ2) is 7.09. The SMILES string of the molecule is COC(=O)C(NC1CCCCC1)c1ccc(C)c(Cl)c1. The Kier molecular flexibility index (Phi) is 5.44. The number of carbonyl (C=O) groups is 1. The fourth-order valence-corrected chi connectivity index (χ4v) is 2.90. The summed E-state index contributed by atoms with van der Waals surface area (Å²) in [5, 5.41) is 4.12. The Morgan fingerprint density at radius 2 is 2.05 bits per heavy atom. The number of esters is 1. The average Bonchev–Trinajstić information content (AvgIpc) is 2.48. The molecule has 1 aromatic rings. The van der Waals surface area contributed by atoms with Gasteiger partial charge in [-0.3, -0.25) is 5.32 Å². The van der Waals surface area contributed by atoms with Crippen molar-refractivity contribution in [3.63, 3.8) is 0 Å². The summed E-state index contributed by atoms with van der Waals surface area (Å²) in [6.45, 7) is 1.95. The van der Waals surface area contributed by atoms with Gasteiger partial charge in [-0.25, -0.2) is 4.79 Å². The minimum absolute atomic E-state index is 0.254. The topological polar surface area (TPSA) is 38.3 Å². The molecule has 0 bridgehead atoms. The van der Waals surface area contributed by atoms with Crippen molar-refractivity contribution < 1.29 is 9.53 Å². The summed E-state index contributed by atoms with van der Waals surface area (Å²) in [6, 6.07) is 5.69. The third-order valence-electron chi connectivity index (χ3n) is 3.97. The van der Waals surface area contributed by atoms with Crippen molar-refractivity contribution in [2.45, 2.75) is 51.1 Å². The molecule has 4 heteroatoms. The molecule has 1 aromatic carbocycles. The van der Waals surface area contributed by atoms with Crippen molar-refractivity contribution in [2.24, 2.45) is 0 Å². The molecule has 0 heterocycles. The van der Waals surface area contributed by atoms with Crippen molar-refractivity contribution in [1.82, 2.24) is 5.32 Å². The number of aryl methyl sites for hydroxylation is 1. The van der Waals surface area contributed by atoms with Crippen LogP contribution in [0.25, 0.3) is 0 Å². The van der Waals surface area contributed by atoms with Gasteiger partial charge in [-0.2, -0.15) is 0 Å². The van der Waals surface area contributed by atoms with E-state index in [1.807, 2.05) is 25.1 Å². The molecule has 0 aromatic heterocycles. The lowest BCUT2D eigenvalue weighted by Gasteiger charge is -2.27. The molecular weight excluding hydrogens is 274 g/mol. The van der Waals surface area contributed by atoms with Gasteiger partial charge in [0.05, 0.1) is 7.11 Å². The van der Waals surface area contributed by atoms with Crippen LogP contribution >= 0.6 is 11.6 Å². The maximum Gasteiger partial charge on any atom is 0.327 e. The molecule has 1 unspecified atom stereocenters. The summed E-state index contributed by atoms with van der Waals surface area (Å²) in [7, 11) is 1.42. The number of rotatable bonds is 4. The Morgan fingerprint density at radius 1 is 1.35 bits per heavy atom. The van der Waals surface area contributed by atoms with E-state index in [4.69, 9.17) is 16.3 Å². The zero-order valence-electron chi connectivity index (χ0n) is 12.1. The number of carbonyl (C=O) groups excluding carboxylic acids is 1. The Bertz CT molecular complexity index is 470. The van der Waals surface area contributed by atoms with Crippen LogP contribution in [-0.2, 0) is 9.53 Å². The van der Waals surface area contributed by atoms with E-state index in [-0.39, 0.29) is 5.97 Å². The first-order valence-corrected chi connectivity index (χ1v) is 7.59. The summed E-state index contributed by atoms with van der Waals surface area (Å²) < 4.78 is 4.93. The molecule has 0 saturated heterocycles. The van der Waals surface area contributed by atoms with Gasteiger partial charge in [0, 0.05) is 11.1 Å². The Balaban J connectivity index is 2.17. The highest BCUT2D eigenvalue weighted by molar-refractivity contribution is 6.31. The van der Waals surface area contributed by atoms with Crippen LogP contribution in [0.4, 0.5) is 0 Å². The van der Waals surface area contributed by atoms with Crippen LogP contribution in [0.5, 0.6) is 0 Å². The van der Waals surface area contributed by atoms with Crippen LogP contribution in [-0.4, -0.2) is 19.1 Å². The molecule has 1 aliphatic carbocycles. The predicted octanol–water partition coefficient (Wildman–Crippen LogP) is 3.78. The predicted molar refractivity (Wildman–Crippen MR) is 81.0 cm³/mol. The van der Waals surface area contributed by atoms with E-state index in [0.717, 1.165) is 24.0 Å². The van der Waals surface area contributed by atoms with Gasteiger partial charge in [0.25, 0.3) is 0 Å². The van der Waals surface area contributed by atoms with Crippen molar-refractivity contribution >= 4 is 17.6 Å². The first-order valence-electron chi connectivity index (χ1n) is 7.21. The molecule has 1 atom stereocenters. The van der Waals surface area contributed by atoms with E-state index in [2.05, 4.69) is 5.32 Å². The second-order valence-electron chi connectivity index (χ2n) is 5.47. The number of hydrogen-bond acceptors (Lipinski definition) is 3. The molecule has 1 fully saturated rings. The van der Waals surface area contributed by atoms with Crippen LogP contribution < -0.4 is 5.32 Å². The summed E-state index contributed by atoms with van der Waals surface area (Å²) in [5.41, 5.74) is 1.88. The van der Waals surface area contributed by atoms with E-state index in [0.29, 0.717) is 11.1 Å². The molecule has 1 aliphatic rings. The van der Waals surface area contributed by atoms with Gasteiger partial charge in [-0.15, -0.1) is 0 Å². The maximum absolute atomic E-state index is 12.1. The molecule has 0 spiro atoms. The smallest absolute Gasteiger partial charge is 0.327 e. The highest BCUT2D eigenvalue weighted by atomic mass is 35.5. The van der Waals surface area contributed by atoms with E-state index in [1.54, 1.807) is 0 Å². The fraction of sp³-hybridized carbons (Fsp3) is 0.562. The van der Waals surface area contributed by atoms with Crippen LogP contribution in [0.3, 0.4) is 0 Å². The number of hydrogen-bond donors (Lipinski definition) is 1. The van der Waals surface area contributed by atoms with Crippen molar-refractivity contribution in [3.05, 3.63) is 34.3 Å². The van der Waals surface area contributed by atoms with Crippen LogP contribution in [0.15, 0.2) is 18.2 Å². The zero-order chi connectivity index (χ0) is 14.5. The van der Waals surface area contributed by atoms with Crippen LogP contribution in [0.1, 0.15) is 49.3 Å². The lowest BCUT2D eigenvalue weighted by atomic mass is 9.94. The Morgan fingerprint density at radius 3 is 2.65 bits per heavy atom. The average molecular weight is 296 g/mol. The van der Waals surface area contributed by atoms with Crippen molar-refractivity contribution in [3.8, 4) is 0 Å². The monoisotopic (exact) mass is 295 g/mol. The number of ether oxygens (including phenoxy) is 1. The summed E-state index contributed by atoms with van der Waals surface area (Å²) in [5.74, 6) is -0.254. The quantitative estimate of drug-likeness (QED) is 0.859. The highest BCUT2D eigenvalue weighted by Gasteiger charge is 2.25. The van der Waals surface area contributed by atoms with Crippen molar-refractivity contribution in [2.75, 3.05) is 7.11 Å². The first-order chi connectivity index (χ1) is 9.61. The number of methoxy groups -OCH3 is 1. The number of nitrogens with one attached hydrogen (secondary N) is 1. The normalized spacial score (nSPS) is 17.8. The molecule has 0 radical (unpaired) electrons. The maximum atomic E-state index is 12.1. The molecule has 2 rings (SSSR count). The van der Waals surface area contributed by atoms with Gasteiger partial charge < -0.3 is 4.74 Å². The van der Waals surface area contributed by atoms with Gasteiger partial charge >= 0.3 is 5.97 Å². The molecule has 110 valence electrons. The molecule has 1 saturated carbocycles. The van der Waals surface area contributed by atoms with Crippen LogP contribution in [0, 0.1) is 6.92 Å². The minimum atomic E-state index is -0.429. The van der Waals surface area contributed by atoms with Gasteiger partial charge in [-0.1, -0.05) is 43.0 Å². The lowest BCUT2D eigenvalue weighted by molar-refractivity contribution is -0.143. The van der Waals surface area contributed by atoms with Gasteiger partial charge in [-0.05, 0) is 37.0 Å². The molecule has 0 amide bonds. The van der Waals surface area contributed by atoms with Gasteiger partial charge in [0.1, 0.15) is 6.04 Å². The largest absolute Gasteiger partial charge is 0.468 e. The summed E-state index contributed by atoms with van der Waals surface area (Å²) >= 11 is 6.17. The van der Waals surface area contributed by atoms with Crippen molar-refractivity contribution in [1.29, 1.82) is 0 Å². The van der Waals surface area contributed by atoms with E-state index in [1.165, 1.54) is 26.4 Å². The standard InChI is InChI=1S/C16H22ClNO2/c1-11-8-9-12(10-14(11)17)15(16(19)20-2)18-13-6-4-3-5-7-13/h8-10,13,15,18H,3-7H2,1-2H3. The van der Waals surface area contributed by atoms with E-state index >= 15 is 0 Å². The zero-order valence-corrected chi connectivity index (χ0v) is 12.9. The number of benzene rings is 1. The second-order valence-corrected chi connectivity index (χ2v) is 5.87. The van der Waals surface area contributed by atoms with Gasteiger partial charge in [0.2, 0.25) is 0 Å². The summed E-state index contributed by atoms with van der Waals surface area (Å²) in [6.07, 6.45) is 5.97. The summed E-state index contributed by atoms with van der Waals surface area (Å²) in [4.78, 5) is 12.1. The minimum Gasteiger partial charge on any atom is -0.468 e. The van der Waals surface area contributed by atoms with E-state index < -0.39 is 6.04 Å².